The van der Waals surface area contributed by atoms with Crippen molar-refractivity contribution in [3.63, 3.8) is 0 Å². The summed E-state index contributed by atoms with van der Waals surface area (Å²) in [6, 6.07) is 8.43. The van der Waals surface area contributed by atoms with Crippen LogP contribution in [0.4, 0.5) is 10.5 Å². The van der Waals surface area contributed by atoms with Gasteiger partial charge in [-0.15, -0.1) is 0 Å². The van der Waals surface area contributed by atoms with Crippen molar-refractivity contribution < 1.29 is 4.79 Å². The van der Waals surface area contributed by atoms with E-state index in [1.807, 2.05) is 23.0 Å². The average molecular weight is 312 g/mol. The summed E-state index contributed by atoms with van der Waals surface area (Å²) in [5.41, 5.74) is 3.20. The van der Waals surface area contributed by atoms with Gasteiger partial charge in [-0.1, -0.05) is 43.5 Å². The van der Waals surface area contributed by atoms with Crippen molar-refractivity contribution in [3.8, 4) is 0 Å². The minimum absolute atomic E-state index is 0.132. The summed E-state index contributed by atoms with van der Waals surface area (Å²) in [6.07, 6.45) is 9.43. The Morgan fingerprint density at radius 3 is 2.83 bits per heavy atom. The zero-order chi connectivity index (χ0) is 16.1. The summed E-state index contributed by atoms with van der Waals surface area (Å²) in [7, 11) is 0. The Morgan fingerprint density at radius 2 is 2.04 bits per heavy atom. The summed E-state index contributed by atoms with van der Waals surface area (Å²) in [5.74, 6) is 0. The Bertz CT molecular complexity index is 659. The van der Waals surface area contributed by atoms with Crippen molar-refractivity contribution >= 4 is 11.7 Å². The number of hydrogen-bond acceptors (Lipinski definition) is 2. The number of hydrogen-bond donors (Lipinski definition) is 2. The lowest BCUT2D eigenvalue weighted by atomic mass is 9.96. The molecule has 0 bridgehead atoms. The van der Waals surface area contributed by atoms with Crippen molar-refractivity contribution in [1.29, 1.82) is 0 Å². The maximum Gasteiger partial charge on any atom is 0.319 e. The third-order valence-corrected chi connectivity index (χ3v) is 4.43. The van der Waals surface area contributed by atoms with Gasteiger partial charge in [0.25, 0.3) is 0 Å². The summed E-state index contributed by atoms with van der Waals surface area (Å²) < 4.78 is 1.85. The number of nitrogens with zero attached hydrogens (tertiary/aromatic N) is 2. The van der Waals surface area contributed by atoms with E-state index in [0.717, 1.165) is 18.5 Å². The molecule has 1 aromatic heterocycles. The summed E-state index contributed by atoms with van der Waals surface area (Å²) in [4.78, 5) is 12.0. The molecule has 2 amide bonds. The van der Waals surface area contributed by atoms with Crippen LogP contribution < -0.4 is 10.6 Å². The molecular weight excluding hydrogens is 288 g/mol. The van der Waals surface area contributed by atoms with Crippen LogP contribution in [0.15, 0.2) is 36.7 Å². The second-order valence-corrected chi connectivity index (χ2v) is 6.29. The Morgan fingerprint density at radius 1 is 1.26 bits per heavy atom. The van der Waals surface area contributed by atoms with Gasteiger partial charge in [0.2, 0.25) is 0 Å². The zero-order valence-electron chi connectivity index (χ0n) is 13.6. The molecule has 1 aliphatic carbocycles. The zero-order valence-corrected chi connectivity index (χ0v) is 13.6. The topological polar surface area (TPSA) is 59.0 Å². The molecule has 0 radical (unpaired) electrons. The van der Waals surface area contributed by atoms with Crippen molar-refractivity contribution in [3.05, 3.63) is 47.8 Å². The summed E-state index contributed by atoms with van der Waals surface area (Å²) in [5, 5.41) is 10.3. The highest BCUT2D eigenvalue weighted by Gasteiger charge is 2.15. The number of carbonyl (C=O) groups excluding carboxylic acids is 1. The minimum atomic E-state index is -0.132. The van der Waals surface area contributed by atoms with Gasteiger partial charge in [0.05, 0.1) is 18.4 Å². The van der Waals surface area contributed by atoms with Crippen LogP contribution in [0, 0.1) is 6.92 Å². The summed E-state index contributed by atoms with van der Waals surface area (Å²) >= 11 is 0. The predicted molar refractivity (Wildman–Crippen MR) is 91.5 cm³/mol. The monoisotopic (exact) mass is 312 g/mol. The first-order chi connectivity index (χ1) is 11.2. The van der Waals surface area contributed by atoms with E-state index >= 15 is 0 Å². The van der Waals surface area contributed by atoms with Gasteiger partial charge in [0.1, 0.15) is 0 Å². The van der Waals surface area contributed by atoms with Crippen LogP contribution in [0.5, 0.6) is 0 Å². The highest BCUT2D eigenvalue weighted by molar-refractivity contribution is 5.89. The van der Waals surface area contributed by atoms with Gasteiger partial charge >= 0.3 is 6.03 Å². The molecule has 2 aromatic rings. The van der Waals surface area contributed by atoms with E-state index in [1.165, 1.54) is 30.4 Å². The van der Waals surface area contributed by atoms with Crippen LogP contribution in [0.25, 0.3) is 0 Å². The van der Waals surface area contributed by atoms with Gasteiger partial charge in [0, 0.05) is 12.2 Å². The molecule has 1 heterocycles. The van der Waals surface area contributed by atoms with Crippen molar-refractivity contribution in [2.45, 2.75) is 51.6 Å². The number of urea groups is 1. The van der Waals surface area contributed by atoms with Gasteiger partial charge in [-0.05, 0) is 30.9 Å². The molecule has 3 rings (SSSR count). The fraction of sp³-hybridized carbons (Fsp3) is 0.444. The number of nitrogens with one attached hydrogen (secondary N) is 2. The number of aryl methyl sites for hydroxylation is 1. The lowest BCUT2D eigenvalue weighted by molar-refractivity contribution is 0.244. The van der Waals surface area contributed by atoms with Crippen molar-refractivity contribution in [2.75, 3.05) is 5.32 Å². The van der Waals surface area contributed by atoms with Crippen molar-refractivity contribution in [2.24, 2.45) is 0 Å². The SMILES string of the molecule is Cc1ccccc1Cn1cc(NC(=O)NC2CCCCC2)cn1. The smallest absolute Gasteiger partial charge is 0.319 e. The Hall–Kier alpha value is -2.30. The molecule has 1 fully saturated rings. The molecular formula is C18H24N4O. The van der Waals surface area contributed by atoms with E-state index in [1.54, 1.807) is 6.20 Å². The Labute approximate surface area is 137 Å². The predicted octanol–water partition coefficient (Wildman–Crippen LogP) is 3.69. The average Bonchev–Trinajstić information content (AvgIpc) is 2.97. The van der Waals surface area contributed by atoms with Crippen LogP contribution in [-0.2, 0) is 6.54 Å². The first-order valence-electron chi connectivity index (χ1n) is 8.35. The summed E-state index contributed by atoms with van der Waals surface area (Å²) in [6.45, 7) is 2.80. The van der Waals surface area contributed by atoms with E-state index in [4.69, 9.17) is 0 Å². The molecule has 2 N–H and O–H groups in total. The fourth-order valence-electron chi connectivity index (χ4n) is 3.08. The van der Waals surface area contributed by atoms with Crippen molar-refractivity contribution in [1.82, 2.24) is 15.1 Å². The second-order valence-electron chi connectivity index (χ2n) is 6.29. The number of amides is 2. The normalized spacial score (nSPS) is 15.3. The van der Waals surface area contributed by atoms with Gasteiger partial charge in [0.15, 0.2) is 0 Å². The van der Waals surface area contributed by atoms with Gasteiger partial charge in [-0.3, -0.25) is 4.68 Å². The van der Waals surface area contributed by atoms with E-state index in [2.05, 4.69) is 34.8 Å². The first-order valence-corrected chi connectivity index (χ1v) is 8.35. The van der Waals surface area contributed by atoms with E-state index in [9.17, 15) is 4.79 Å². The highest BCUT2D eigenvalue weighted by Crippen LogP contribution is 2.17. The fourth-order valence-corrected chi connectivity index (χ4v) is 3.08. The first kappa shape index (κ1) is 15.6. The van der Waals surface area contributed by atoms with Crippen LogP contribution in [0.1, 0.15) is 43.2 Å². The molecule has 0 saturated heterocycles. The Kier molecular flexibility index (Phi) is 4.95. The highest BCUT2D eigenvalue weighted by atomic mass is 16.2. The van der Waals surface area contributed by atoms with Crippen LogP contribution >= 0.6 is 0 Å². The molecule has 0 unspecified atom stereocenters. The molecule has 23 heavy (non-hydrogen) atoms. The van der Waals surface area contributed by atoms with E-state index in [0.29, 0.717) is 12.6 Å². The second kappa shape index (κ2) is 7.31. The van der Waals surface area contributed by atoms with Crippen LogP contribution in [-0.4, -0.2) is 21.9 Å². The lowest BCUT2D eigenvalue weighted by Crippen LogP contribution is -2.38. The van der Waals surface area contributed by atoms with Gasteiger partial charge in [-0.25, -0.2) is 4.79 Å². The molecule has 0 atom stereocenters. The number of carbonyl (C=O) groups is 1. The molecule has 5 nitrogen and oxygen atoms in total. The van der Waals surface area contributed by atoms with Crippen LogP contribution in [0.2, 0.25) is 0 Å². The largest absolute Gasteiger partial charge is 0.335 e. The molecule has 0 aliphatic heterocycles. The van der Waals surface area contributed by atoms with E-state index < -0.39 is 0 Å². The van der Waals surface area contributed by atoms with Gasteiger partial charge < -0.3 is 10.6 Å². The van der Waals surface area contributed by atoms with Gasteiger partial charge in [-0.2, -0.15) is 5.10 Å². The Balaban J connectivity index is 1.54. The number of aromatic nitrogens is 2. The standard InChI is InChI=1S/C18H24N4O/c1-14-7-5-6-8-15(14)12-22-13-17(11-19-22)21-18(23)20-16-9-3-2-4-10-16/h5-8,11,13,16H,2-4,9-10,12H2,1H3,(H2,20,21,23). The lowest BCUT2D eigenvalue weighted by Gasteiger charge is -2.22. The van der Waals surface area contributed by atoms with E-state index in [-0.39, 0.29) is 6.03 Å². The quantitative estimate of drug-likeness (QED) is 0.904. The minimum Gasteiger partial charge on any atom is -0.335 e. The third kappa shape index (κ3) is 4.34. The maximum atomic E-state index is 12.0. The number of anilines is 1. The molecule has 1 aromatic carbocycles. The maximum absolute atomic E-state index is 12.0. The third-order valence-electron chi connectivity index (χ3n) is 4.43. The number of rotatable bonds is 4. The van der Waals surface area contributed by atoms with Crippen LogP contribution in [0.3, 0.4) is 0 Å². The molecule has 5 heteroatoms. The number of benzene rings is 1. The molecule has 122 valence electrons. The molecule has 1 aliphatic rings. The molecule has 1 saturated carbocycles. The molecule has 0 spiro atoms.